The Hall–Kier alpha value is -1.68. The Morgan fingerprint density at radius 3 is 3.12 bits per heavy atom. The van der Waals surface area contributed by atoms with Gasteiger partial charge in [0.25, 0.3) is 0 Å². The first-order valence-corrected chi connectivity index (χ1v) is 5.51. The molecule has 1 unspecified atom stereocenters. The second kappa shape index (κ2) is 4.06. The molecule has 1 aromatic heterocycles. The lowest BCUT2D eigenvalue weighted by Crippen LogP contribution is -2.19. The molecule has 16 heavy (non-hydrogen) atoms. The zero-order chi connectivity index (χ0) is 10.8. The molecule has 2 heterocycles. The summed E-state index contributed by atoms with van der Waals surface area (Å²) in [7, 11) is 0. The topological polar surface area (TPSA) is 47.0 Å². The minimum Gasteiger partial charge on any atom is -0.487 e. The van der Waals surface area contributed by atoms with Crippen LogP contribution in [0.3, 0.4) is 0 Å². The highest BCUT2D eigenvalue weighted by atomic mass is 16.5. The Bertz CT molecular complexity index is 489. The Balaban J connectivity index is 1.96. The number of nitrogens with one attached hydrogen (secondary N) is 1. The van der Waals surface area contributed by atoms with Crippen LogP contribution in [0.25, 0.3) is 10.9 Å². The van der Waals surface area contributed by atoms with Gasteiger partial charge in [-0.15, -0.1) is 0 Å². The van der Waals surface area contributed by atoms with Crippen molar-refractivity contribution in [2.45, 2.75) is 12.5 Å². The molecule has 1 aliphatic heterocycles. The molecule has 4 heteroatoms. The Morgan fingerprint density at radius 1 is 1.31 bits per heavy atom. The second-order valence-corrected chi connectivity index (χ2v) is 3.96. The zero-order valence-corrected chi connectivity index (χ0v) is 8.89. The van der Waals surface area contributed by atoms with Gasteiger partial charge in [0, 0.05) is 11.9 Å². The van der Waals surface area contributed by atoms with E-state index in [2.05, 4.69) is 15.5 Å². The fourth-order valence-corrected chi connectivity index (χ4v) is 1.98. The summed E-state index contributed by atoms with van der Waals surface area (Å²) in [5.41, 5.74) is 0.881. The molecule has 0 amide bonds. The summed E-state index contributed by atoms with van der Waals surface area (Å²) in [6, 6.07) is 7.91. The fourth-order valence-electron chi connectivity index (χ4n) is 1.98. The fraction of sp³-hybridized carbons (Fsp3) is 0.333. The van der Waals surface area contributed by atoms with Crippen LogP contribution in [0, 0.1) is 0 Å². The van der Waals surface area contributed by atoms with Crippen molar-refractivity contribution < 1.29 is 4.74 Å². The summed E-state index contributed by atoms with van der Waals surface area (Å²) >= 11 is 0. The third-order valence-corrected chi connectivity index (χ3v) is 2.82. The maximum absolute atomic E-state index is 5.92. The van der Waals surface area contributed by atoms with Crippen LogP contribution in [-0.4, -0.2) is 29.4 Å². The van der Waals surface area contributed by atoms with Crippen LogP contribution in [0.1, 0.15) is 6.42 Å². The predicted molar refractivity (Wildman–Crippen MR) is 61.4 cm³/mol. The lowest BCUT2D eigenvalue weighted by atomic mass is 10.2. The number of fused-ring (bicyclic) bond motifs is 1. The number of hydrogen-bond donors (Lipinski definition) is 1. The van der Waals surface area contributed by atoms with Gasteiger partial charge in [0.1, 0.15) is 11.9 Å². The maximum Gasteiger partial charge on any atom is 0.149 e. The zero-order valence-electron chi connectivity index (χ0n) is 8.89. The van der Waals surface area contributed by atoms with Crippen molar-refractivity contribution in [3.63, 3.8) is 0 Å². The van der Waals surface area contributed by atoms with Gasteiger partial charge in [-0.2, -0.15) is 10.2 Å². The summed E-state index contributed by atoms with van der Waals surface area (Å²) < 4.78 is 5.92. The van der Waals surface area contributed by atoms with Crippen LogP contribution >= 0.6 is 0 Å². The van der Waals surface area contributed by atoms with E-state index in [4.69, 9.17) is 4.74 Å². The Kier molecular flexibility index (Phi) is 2.42. The Morgan fingerprint density at radius 2 is 2.25 bits per heavy atom. The molecule has 1 aliphatic rings. The lowest BCUT2D eigenvalue weighted by Gasteiger charge is -2.13. The van der Waals surface area contributed by atoms with E-state index >= 15 is 0 Å². The van der Waals surface area contributed by atoms with Crippen molar-refractivity contribution >= 4 is 10.9 Å². The van der Waals surface area contributed by atoms with Gasteiger partial charge >= 0.3 is 0 Å². The van der Waals surface area contributed by atoms with Crippen LogP contribution in [0.5, 0.6) is 5.75 Å². The van der Waals surface area contributed by atoms with Gasteiger partial charge in [-0.1, -0.05) is 12.1 Å². The van der Waals surface area contributed by atoms with E-state index < -0.39 is 0 Å². The van der Waals surface area contributed by atoms with Gasteiger partial charge < -0.3 is 10.1 Å². The quantitative estimate of drug-likeness (QED) is 0.822. The molecule has 0 radical (unpaired) electrons. The minimum absolute atomic E-state index is 0.257. The highest BCUT2D eigenvalue weighted by Gasteiger charge is 2.17. The predicted octanol–water partition coefficient (Wildman–Crippen LogP) is 1.37. The first-order valence-electron chi connectivity index (χ1n) is 5.51. The second-order valence-electron chi connectivity index (χ2n) is 3.96. The number of benzene rings is 1. The lowest BCUT2D eigenvalue weighted by molar-refractivity contribution is 0.225. The molecule has 3 rings (SSSR count). The molecule has 1 atom stereocenters. The molecular weight excluding hydrogens is 202 g/mol. The molecular formula is C12H13N3O. The number of nitrogens with zero attached hydrogens (tertiary/aromatic N) is 2. The van der Waals surface area contributed by atoms with Crippen LogP contribution < -0.4 is 10.1 Å². The molecule has 0 spiro atoms. The van der Waals surface area contributed by atoms with E-state index in [1.165, 1.54) is 0 Å². The molecule has 1 aromatic carbocycles. The van der Waals surface area contributed by atoms with E-state index in [0.717, 1.165) is 36.2 Å². The minimum atomic E-state index is 0.257. The largest absolute Gasteiger partial charge is 0.487 e. The van der Waals surface area contributed by atoms with E-state index in [-0.39, 0.29) is 6.10 Å². The molecule has 1 N–H and O–H groups in total. The number of hydrogen-bond acceptors (Lipinski definition) is 4. The van der Waals surface area contributed by atoms with Crippen molar-refractivity contribution in [2.24, 2.45) is 0 Å². The van der Waals surface area contributed by atoms with Gasteiger partial charge in [0.15, 0.2) is 0 Å². The van der Waals surface area contributed by atoms with Crippen molar-refractivity contribution in [2.75, 3.05) is 13.1 Å². The number of rotatable bonds is 2. The van der Waals surface area contributed by atoms with Gasteiger partial charge in [0.2, 0.25) is 0 Å². The summed E-state index contributed by atoms with van der Waals surface area (Å²) in [6.45, 7) is 1.94. The monoisotopic (exact) mass is 215 g/mol. The summed E-state index contributed by atoms with van der Waals surface area (Å²) in [5.74, 6) is 0.833. The third kappa shape index (κ3) is 1.72. The molecule has 0 aliphatic carbocycles. The molecule has 4 nitrogen and oxygen atoms in total. The van der Waals surface area contributed by atoms with Crippen LogP contribution in [0.15, 0.2) is 30.5 Å². The maximum atomic E-state index is 5.92. The van der Waals surface area contributed by atoms with Gasteiger partial charge in [-0.05, 0) is 25.1 Å². The van der Waals surface area contributed by atoms with Crippen molar-refractivity contribution in [1.82, 2.24) is 15.5 Å². The standard InChI is InChI=1S/C12H13N3O/c1-2-4-11-10(3-1)12(8-14-15-11)16-9-5-6-13-7-9/h1-4,8-9,13H,5-7H2. The van der Waals surface area contributed by atoms with Crippen molar-refractivity contribution in [3.8, 4) is 5.75 Å². The summed E-state index contributed by atoms with van der Waals surface area (Å²) in [4.78, 5) is 0. The van der Waals surface area contributed by atoms with Crippen LogP contribution in [0.4, 0.5) is 0 Å². The van der Waals surface area contributed by atoms with E-state index in [9.17, 15) is 0 Å². The highest BCUT2D eigenvalue weighted by molar-refractivity contribution is 5.83. The van der Waals surface area contributed by atoms with E-state index in [0.29, 0.717) is 0 Å². The molecule has 1 fully saturated rings. The molecule has 1 saturated heterocycles. The van der Waals surface area contributed by atoms with Crippen LogP contribution in [0.2, 0.25) is 0 Å². The van der Waals surface area contributed by atoms with Gasteiger partial charge in [0.05, 0.1) is 11.7 Å². The summed E-state index contributed by atoms with van der Waals surface area (Å²) in [5, 5.41) is 12.3. The van der Waals surface area contributed by atoms with E-state index in [1.54, 1.807) is 6.20 Å². The molecule has 82 valence electrons. The van der Waals surface area contributed by atoms with Crippen molar-refractivity contribution in [3.05, 3.63) is 30.5 Å². The van der Waals surface area contributed by atoms with Gasteiger partial charge in [-0.25, -0.2) is 0 Å². The van der Waals surface area contributed by atoms with Crippen molar-refractivity contribution in [1.29, 1.82) is 0 Å². The molecule has 0 saturated carbocycles. The molecule has 0 bridgehead atoms. The van der Waals surface area contributed by atoms with E-state index in [1.807, 2.05) is 24.3 Å². The normalized spacial score (nSPS) is 20.1. The SMILES string of the molecule is c1ccc2c(OC3CCNC3)cnnc2c1. The molecule has 2 aromatic rings. The number of ether oxygens (including phenoxy) is 1. The first-order chi connectivity index (χ1) is 7.93. The van der Waals surface area contributed by atoms with Gasteiger partial charge in [-0.3, -0.25) is 0 Å². The smallest absolute Gasteiger partial charge is 0.149 e. The Labute approximate surface area is 93.6 Å². The number of aromatic nitrogens is 2. The average Bonchev–Trinajstić information content (AvgIpc) is 2.82. The average molecular weight is 215 g/mol. The first kappa shape index (κ1) is 9.54. The van der Waals surface area contributed by atoms with Crippen LogP contribution in [-0.2, 0) is 0 Å². The highest BCUT2D eigenvalue weighted by Crippen LogP contribution is 2.24. The summed E-state index contributed by atoms with van der Waals surface area (Å²) in [6.07, 6.45) is 3.00. The third-order valence-electron chi connectivity index (χ3n) is 2.82.